The van der Waals surface area contributed by atoms with E-state index in [4.69, 9.17) is 0 Å². The molecule has 4 heteroatoms. The fraction of sp³-hybridized carbons (Fsp3) is 0.583. The lowest BCUT2D eigenvalue weighted by Gasteiger charge is -2.38. The Labute approximate surface area is 100 Å². The zero-order valence-corrected chi connectivity index (χ0v) is 11.2. The van der Waals surface area contributed by atoms with Gasteiger partial charge >= 0.3 is 0 Å². The summed E-state index contributed by atoms with van der Waals surface area (Å²) in [5.74, 6) is -0.133. The molecule has 0 saturated heterocycles. The van der Waals surface area contributed by atoms with Crippen LogP contribution in [0, 0.1) is 6.92 Å². The number of carbonyl (C=O) groups is 1. The Hall–Kier alpha value is -0.870. The van der Waals surface area contributed by atoms with Crippen LogP contribution >= 0.6 is 11.3 Å². The molecule has 16 heavy (non-hydrogen) atoms. The number of hydrogen-bond donors (Lipinski definition) is 2. The van der Waals surface area contributed by atoms with Crippen LogP contribution in [0.5, 0.6) is 0 Å². The first kappa shape index (κ1) is 13.2. The molecule has 1 aromatic rings. The quantitative estimate of drug-likeness (QED) is 0.853. The molecule has 0 spiro atoms. The molecule has 0 aromatic carbocycles. The van der Waals surface area contributed by atoms with Crippen molar-refractivity contribution < 1.29 is 9.90 Å². The molecule has 0 aliphatic carbocycles. The summed E-state index contributed by atoms with van der Waals surface area (Å²) in [6, 6.07) is 0. The Kier molecular flexibility index (Phi) is 3.45. The predicted octanol–water partition coefficient (Wildman–Crippen LogP) is 2.34. The van der Waals surface area contributed by atoms with Crippen LogP contribution < -0.4 is 5.32 Å². The maximum absolute atomic E-state index is 12.0. The van der Waals surface area contributed by atoms with Gasteiger partial charge in [0.15, 0.2) is 0 Å². The van der Waals surface area contributed by atoms with Gasteiger partial charge in [-0.2, -0.15) is 11.3 Å². The summed E-state index contributed by atoms with van der Waals surface area (Å²) < 4.78 is 0. The normalized spacial score (nSPS) is 12.6. The van der Waals surface area contributed by atoms with Crippen molar-refractivity contribution in [3.63, 3.8) is 0 Å². The first-order valence-corrected chi connectivity index (χ1v) is 6.17. The van der Waals surface area contributed by atoms with Gasteiger partial charge in [0, 0.05) is 5.38 Å². The number of aryl methyl sites for hydroxylation is 1. The third kappa shape index (κ3) is 2.62. The fourth-order valence-corrected chi connectivity index (χ4v) is 1.93. The standard InChI is InChI=1S/C12H19NO2S/c1-8-6-16-7-9(8)10(14)13-11(2,3)12(4,5)15/h6-7,15H,1-5H3,(H,13,14). The first-order chi connectivity index (χ1) is 7.15. The topological polar surface area (TPSA) is 49.3 Å². The summed E-state index contributed by atoms with van der Waals surface area (Å²) in [5, 5.41) is 16.6. The average Bonchev–Trinajstić information content (AvgIpc) is 2.48. The van der Waals surface area contributed by atoms with E-state index in [0.29, 0.717) is 5.56 Å². The van der Waals surface area contributed by atoms with Gasteiger partial charge in [-0.05, 0) is 45.6 Å². The van der Waals surface area contributed by atoms with Crippen molar-refractivity contribution in [1.82, 2.24) is 5.32 Å². The molecule has 0 atom stereocenters. The number of thiophene rings is 1. The average molecular weight is 241 g/mol. The van der Waals surface area contributed by atoms with Crippen molar-refractivity contribution in [2.75, 3.05) is 0 Å². The molecule has 0 aliphatic heterocycles. The summed E-state index contributed by atoms with van der Waals surface area (Å²) in [6.07, 6.45) is 0. The number of rotatable bonds is 3. The summed E-state index contributed by atoms with van der Waals surface area (Å²) in [7, 11) is 0. The highest BCUT2D eigenvalue weighted by Crippen LogP contribution is 2.22. The molecule has 0 unspecified atom stereocenters. The van der Waals surface area contributed by atoms with E-state index >= 15 is 0 Å². The third-order valence-corrected chi connectivity index (χ3v) is 3.92. The number of aliphatic hydroxyl groups is 1. The monoisotopic (exact) mass is 241 g/mol. The van der Waals surface area contributed by atoms with Gasteiger partial charge in [-0.15, -0.1) is 0 Å². The van der Waals surface area contributed by atoms with E-state index in [1.807, 2.05) is 31.5 Å². The van der Waals surface area contributed by atoms with Gasteiger partial charge in [-0.25, -0.2) is 0 Å². The highest BCUT2D eigenvalue weighted by molar-refractivity contribution is 7.08. The molecular formula is C12H19NO2S. The Morgan fingerprint density at radius 3 is 2.25 bits per heavy atom. The van der Waals surface area contributed by atoms with Crippen LogP contribution in [-0.4, -0.2) is 22.2 Å². The molecule has 1 rings (SSSR count). The molecule has 1 heterocycles. The summed E-state index contributed by atoms with van der Waals surface area (Å²) in [6.45, 7) is 8.91. The second-order valence-electron chi connectivity index (χ2n) is 5.11. The zero-order chi connectivity index (χ0) is 12.6. The summed E-state index contributed by atoms with van der Waals surface area (Å²) in [4.78, 5) is 12.0. The second kappa shape index (κ2) is 4.18. The number of carbonyl (C=O) groups excluding carboxylic acids is 1. The predicted molar refractivity (Wildman–Crippen MR) is 66.9 cm³/mol. The highest BCUT2D eigenvalue weighted by atomic mass is 32.1. The van der Waals surface area contributed by atoms with E-state index in [-0.39, 0.29) is 5.91 Å². The molecule has 1 amide bonds. The lowest BCUT2D eigenvalue weighted by molar-refractivity contribution is -0.00293. The van der Waals surface area contributed by atoms with Crippen LogP contribution in [0.3, 0.4) is 0 Å². The Morgan fingerprint density at radius 1 is 1.31 bits per heavy atom. The van der Waals surface area contributed by atoms with Crippen molar-refractivity contribution in [2.24, 2.45) is 0 Å². The highest BCUT2D eigenvalue weighted by Gasteiger charge is 2.36. The molecule has 0 aliphatic rings. The van der Waals surface area contributed by atoms with Crippen molar-refractivity contribution in [1.29, 1.82) is 0 Å². The van der Waals surface area contributed by atoms with Gasteiger partial charge in [0.25, 0.3) is 5.91 Å². The summed E-state index contributed by atoms with van der Waals surface area (Å²) in [5.41, 5.74) is 0.0155. The molecule has 0 saturated carbocycles. The van der Waals surface area contributed by atoms with Crippen molar-refractivity contribution in [3.05, 3.63) is 21.9 Å². The molecule has 0 radical (unpaired) electrons. The minimum Gasteiger partial charge on any atom is -0.388 e. The van der Waals surface area contributed by atoms with Crippen molar-refractivity contribution in [3.8, 4) is 0 Å². The Bertz CT molecular complexity index is 388. The van der Waals surface area contributed by atoms with Crippen LogP contribution in [-0.2, 0) is 0 Å². The molecule has 1 aromatic heterocycles. The third-order valence-electron chi connectivity index (χ3n) is 3.06. The van der Waals surface area contributed by atoms with E-state index in [1.165, 1.54) is 11.3 Å². The molecule has 3 nitrogen and oxygen atoms in total. The van der Waals surface area contributed by atoms with Crippen LogP contribution in [0.15, 0.2) is 10.8 Å². The smallest absolute Gasteiger partial charge is 0.252 e. The van der Waals surface area contributed by atoms with Gasteiger partial charge in [0.2, 0.25) is 0 Å². The van der Waals surface area contributed by atoms with E-state index in [9.17, 15) is 9.90 Å². The molecular weight excluding hydrogens is 222 g/mol. The lowest BCUT2D eigenvalue weighted by atomic mass is 9.85. The van der Waals surface area contributed by atoms with Crippen molar-refractivity contribution in [2.45, 2.75) is 45.8 Å². The number of amides is 1. The van der Waals surface area contributed by atoms with E-state index in [1.54, 1.807) is 13.8 Å². The fourth-order valence-electron chi connectivity index (χ4n) is 1.10. The van der Waals surface area contributed by atoms with Crippen LogP contribution in [0.1, 0.15) is 43.6 Å². The van der Waals surface area contributed by atoms with Gasteiger partial charge in [-0.3, -0.25) is 4.79 Å². The van der Waals surface area contributed by atoms with E-state index in [2.05, 4.69) is 5.32 Å². The number of hydrogen-bond acceptors (Lipinski definition) is 3. The SMILES string of the molecule is Cc1cscc1C(=O)NC(C)(C)C(C)(C)O. The second-order valence-corrected chi connectivity index (χ2v) is 5.85. The van der Waals surface area contributed by atoms with Gasteiger partial charge in [-0.1, -0.05) is 0 Å². The van der Waals surface area contributed by atoms with Crippen LogP contribution in [0.25, 0.3) is 0 Å². The van der Waals surface area contributed by atoms with Gasteiger partial charge in [0.1, 0.15) is 0 Å². The van der Waals surface area contributed by atoms with E-state index in [0.717, 1.165) is 5.56 Å². The van der Waals surface area contributed by atoms with Crippen molar-refractivity contribution >= 4 is 17.2 Å². The largest absolute Gasteiger partial charge is 0.388 e. The van der Waals surface area contributed by atoms with Crippen LogP contribution in [0.2, 0.25) is 0 Å². The number of nitrogens with one attached hydrogen (secondary N) is 1. The molecule has 0 fully saturated rings. The van der Waals surface area contributed by atoms with E-state index < -0.39 is 11.1 Å². The van der Waals surface area contributed by atoms with Gasteiger partial charge in [0.05, 0.1) is 16.7 Å². The van der Waals surface area contributed by atoms with Gasteiger partial charge < -0.3 is 10.4 Å². The Balaban J connectivity index is 2.84. The Morgan fingerprint density at radius 2 is 1.88 bits per heavy atom. The lowest BCUT2D eigenvalue weighted by Crippen LogP contribution is -2.57. The first-order valence-electron chi connectivity index (χ1n) is 5.23. The minimum atomic E-state index is -0.966. The molecule has 2 N–H and O–H groups in total. The zero-order valence-electron chi connectivity index (χ0n) is 10.4. The maximum atomic E-state index is 12.0. The van der Waals surface area contributed by atoms with Crippen LogP contribution in [0.4, 0.5) is 0 Å². The molecule has 0 bridgehead atoms. The summed E-state index contributed by atoms with van der Waals surface area (Å²) >= 11 is 1.50. The molecule has 90 valence electrons. The minimum absolute atomic E-state index is 0.133. The maximum Gasteiger partial charge on any atom is 0.252 e.